The van der Waals surface area contributed by atoms with Crippen molar-refractivity contribution in [3.8, 4) is 0 Å². The Kier molecular flexibility index (Phi) is 8.28. The second-order valence-electron chi connectivity index (χ2n) is 3.32. The monoisotopic (exact) mass is 280 g/mol. The molecule has 0 bridgehead atoms. The Morgan fingerprint density at radius 1 is 1.28 bits per heavy atom. The van der Waals surface area contributed by atoms with Crippen molar-refractivity contribution in [2.75, 3.05) is 13.2 Å². The first-order valence-electron chi connectivity index (χ1n) is 5.34. The lowest BCUT2D eigenvalue weighted by Gasteiger charge is -2.10. The summed E-state index contributed by atoms with van der Waals surface area (Å²) in [6.45, 7) is 4.50. The first-order chi connectivity index (χ1) is 8.37. The first-order valence-corrected chi connectivity index (χ1v) is 6.83. The van der Waals surface area contributed by atoms with Crippen LogP contribution in [0.5, 0.6) is 0 Å². The molecule has 0 amide bonds. The van der Waals surface area contributed by atoms with Gasteiger partial charge in [0, 0.05) is 13.0 Å². The van der Waals surface area contributed by atoms with Gasteiger partial charge in [-0.15, -0.1) is 0 Å². The SMILES string of the molecule is C=CC(=O)OCCCCCOP(=O)(O)OC(C)=O. The average Bonchev–Trinajstić information content (AvgIpc) is 2.25. The summed E-state index contributed by atoms with van der Waals surface area (Å²) in [6, 6.07) is 0. The topological polar surface area (TPSA) is 99.1 Å². The number of unbranched alkanes of at least 4 members (excludes halogenated alkanes) is 2. The molecule has 0 aliphatic carbocycles. The standard InChI is InChI=1S/C10H17O7P/c1-3-10(12)15-7-5-4-6-8-16-18(13,14)17-9(2)11/h3H,1,4-8H2,2H3,(H,13,14). The highest BCUT2D eigenvalue weighted by atomic mass is 31.2. The maximum Gasteiger partial charge on any atom is 0.529 e. The highest BCUT2D eigenvalue weighted by Crippen LogP contribution is 2.43. The zero-order valence-electron chi connectivity index (χ0n) is 10.2. The molecule has 0 aromatic carbocycles. The fourth-order valence-electron chi connectivity index (χ4n) is 0.981. The zero-order valence-corrected chi connectivity index (χ0v) is 11.1. The lowest BCUT2D eigenvalue weighted by atomic mass is 10.2. The normalized spacial score (nSPS) is 13.4. The zero-order chi connectivity index (χ0) is 14.0. The molecule has 7 nitrogen and oxygen atoms in total. The van der Waals surface area contributed by atoms with Gasteiger partial charge < -0.3 is 9.26 Å². The van der Waals surface area contributed by atoms with E-state index < -0.39 is 19.8 Å². The number of esters is 1. The maximum absolute atomic E-state index is 11.1. The van der Waals surface area contributed by atoms with E-state index in [2.05, 4.69) is 15.6 Å². The number of ether oxygens (including phenoxy) is 1. The summed E-state index contributed by atoms with van der Waals surface area (Å²) in [4.78, 5) is 30.1. The number of phosphoric acid groups is 1. The Morgan fingerprint density at radius 3 is 2.44 bits per heavy atom. The molecule has 0 saturated heterocycles. The smallest absolute Gasteiger partial charge is 0.463 e. The van der Waals surface area contributed by atoms with Gasteiger partial charge in [0.2, 0.25) is 0 Å². The van der Waals surface area contributed by atoms with Crippen molar-refractivity contribution in [1.29, 1.82) is 0 Å². The minimum absolute atomic E-state index is 0.0174. The molecule has 1 N–H and O–H groups in total. The second kappa shape index (κ2) is 8.85. The summed E-state index contributed by atoms with van der Waals surface area (Å²) in [5.41, 5.74) is 0. The molecule has 8 heteroatoms. The molecular weight excluding hydrogens is 263 g/mol. The van der Waals surface area contributed by atoms with Crippen LogP contribution in [0.3, 0.4) is 0 Å². The quantitative estimate of drug-likeness (QED) is 0.296. The van der Waals surface area contributed by atoms with Crippen molar-refractivity contribution in [2.24, 2.45) is 0 Å². The predicted octanol–water partition coefficient (Wildman–Crippen LogP) is 1.57. The Bertz CT molecular complexity index is 339. The Labute approximate surface area is 105 Å². The van der Waals surface area contributed by atoms with Crippen LogP contribution in [0.1, 0.15) is 26.2 Å². The fourth-order valence-corrected chi connectivity index (χ4v) is 1.72. The molecule has 1 unspecified atom stereocenters. The number of hydrogen-bond acceptors (Lipinski definition) is 6. The molecular formula is C10H17O7P. The van der Waals surface area contributed by atoms with Crippen molar-refractivity contribution in [1.82, 2.24) is 0 Å². The van der Waals surface area contributed by atoms with Crippen molar-refractivity contribution in [2.45, 2.75) is 26.2 Å². The second-order valence-corrected chi connectivity index (χ2v) is 4.69. The van der Waals surface area contributed by atoms with E-state index in [1.54, 1.807) is 0 Å². The van der Waals surface area contributed by atoms with Crippen LogP contribution in [-0.2, 0) is 27.9 Å². The van der Waals surface area contributed by atoms with E-state index in [0.29, 0.717) is 19.3 Å². The van der Waals surface area contributed by atoms with Gasteiger partial charge in [-0.25, -0.2) is 9.36 Å². The van der Waals surface area contributed by atoms with Crippen LogP contribution in [0.2, 0.25) is 0 Å². The van der Waals surface area contributed by atoms with Gasteiger partial charge in [0.25, 0.3) is 0 Å². The van der Waals surface area contributed by atoms with E-state index in [1.807, 2.05) is 0 Å². The van der Waals surface area contributed by atoms with Gasteiger partial charge in [0.1, 0.15) is 0 Å². The van der Waals surface area contributed by atoms with Crippen LogP contribution in [0.4, 0.5) is 0 Å². The maximum atomic E-state index is 11.1. The molecule has 0 aromatic heterocycles. The molecule has 0 aromatic rings. The summed E-state index contributed by atoms with van der Waals surface area (Å²) in [6.07, 6.45) is 2.80. The van der Waals surface area contributed by atoms with Gasteiger partial charge in [0.05, 0.1) is 13.2 Å². The predicted molar refractivity (Wildman–Crippen MR) is 62.6 cm³/mol. The van der Waals surface area contributed by atoms with Crippen molar-refractivity contribution >= 4 is 19.8 Å². The van der Waals surface area contributed by atoms with Crippen LogP contribution >= 0.6 is 7.82 Å². The number of carbonyl (C=O) groups excluding carboxylic acids is 2. The molecule has 0 saturated carbocycles. The Morgan fingerprint density at radius 2 is 1.89 bits per heavy atom. The molecule has 0 fully saturated rings. The number of phosphoric ester groups is 1. The van der Waals surface area contributed by atoms with Gasteiger partial charge in [-0.2, -0.15) is 0 Å². The minimum atomic E-state index is -4.27. The van der Waals surface area contributed by atoms with E-state index in [-0.39, 0.29) is 13.2 Å². The van der Waals surface area contributed by atoms with Gasteiger partial charge in [-0.3, -0.25) is 14.2 Å². The van der Waals surface area contributed by atoms with Crippen LogP contribution in [0.25, 0.3) is 0 Å². The highest BCUT2D eigenvalue weighted by Gasteiger charge is 2.23. The molecule has 104 valence electrons. The fraction of sp³-hybridized carbons (Fsp3) is 0.600. The summed E-state index contributed by atoms with van der Waals surface area (Å²) in [5, 5.41) is 0. The highest BCUT2D eigenvalue weighted by molar-refractivity contribution is 7.48. The molecule has 0 heterocycles. The lowest BCUT2D eigenvalue weighted by molar-refractivity contribution is -0.138. The minimum Gasteiger partial charge on any atom is -0.463 e. The number of hydrogen-bond donors (Lipinski definition) is 1. The summed E-state index contributed by atoms with van der Waals surface area (Å²) >= 11 is 0. The summed E-state index contributed by atoms with van der Waals surface area (Å²) < 4.78 is 24.4. The largest absolute Gasteiger partial charge is 0.529 e. The van der Waals surface area contributed by atoms with Gasteiger partial charge in [-0.1, -0.05) is 6.58 Å². The molecule has 1 atom stereocenters. The molecule has 0 aliphatic heterocycles. The summed E-state index contributed by atoms with van der Waals surface area (Å²) in [5.74, 6) is -1.36. The lowest BCUT2D eigenvalue weighted by Crippen LogP contribution is -2.03. The van der Waals surface area contributed by atoms with Gasteiger partial charge in [-0.05, 0) is 19.3 Å². The number of carbonyl (C=O) groups is 2. The summed E-state index contributed by atoms with van der Waals surface area (Å²) in [7, 11) is -4.27. The van der Waals surface area contributed by atoms with Crippen molar-refractivity contribution in [3.05, 3.63) is 12.7 Å². The van der Waals surface area contributed by atoms with E-state index in [4.69, 9.17) is 9.63 Å². The third kappa shape index (κ3) is 10.0. The molecule has 0 rings (SSSR count). The van der Waals surface area contributed by atoms with Crippen LogP contribution in [0.15, 0.2) is 12.7 Å². The van der Waals surface area contributed by atoms with E-state index >= 15 is 0 Å². The molecule has 0 aliphatic rings. The van der Waals surface area contributed by atoms with Crippen molar-refractivity contribution in [3.63, 3.8) is 0 Å². The van der Waals surface area contributed by atoms with Crippen molar-refractivity contribution < 1.29 is 32.8 Å². The third-order valence-electron chi connectivity index (χ3n) is 1.70. The molecule has 18 heavy (non-hydrogen) atoms. The number of rotatable bonds is 9. The van der Waals surface area contributed by atoms with Crippen LogP contribution in [-0.4, -0.2) is 30.0 Å². The Hall–Kier alpha value is -1.17. The first kappa shape index (κ1) is 16.8. The van der Waals surface area contributed by atoms with E-state index in [9.17, 15) is 14.2 Å². The van der Waals surface area contributed by atoms with E-state index in [0.717, 1.165) is 13.0 Å². The third-order valence-corrected chi connectivity index (χ3v) is 2.69. The Balaban J connectivity index is 3.51. The van der Waals surface area contributed by atoms with Crippen LogP contribution < -0.4 is 0 Å². The average molecular weight is 280 g/mol. The van der Waals surface area contributed by atoms with Gasteiger partial charge in [0.15, 0.2) is 0 Å². The van der Waals surface area contributed by atoms with Gasteiger partial charge >= 0.3 is 19.8 Å². The molecule has 0 spiro atoms. The molecule has 0 radical (unpaired) electrons. The van der Waals surface area contributed by atoms with E-state index in [1.165, 1.54) is 0 Å². The van der Waals surface area contributed by atoms with Crippen LogP contribution in [0, 0.1) is 0 Å².